The molecule has 80 valence electrons. The zero-order valence-corrected chi connectivity index (χ0v) is 9.93. The van der Waals surface area contributed by atoms with Crippen LogP contribution >= 0.6 is 0 Å². The molecule has 2 rings (SSSR count). The molecule has 2 nitrogen and oxygen atoms in total. The Bertz CT molecular complexity index is 531. The van der Waals surface area contributed by atoms with Crippen molar-refractivity contribution >= 4 is 15.9 Å². The van der Waals surface area contributed by atoms with Crippen LogP contribution in [0.2, 0.25) is 0 Å². The van der Waals surface area contributed by atoms with Gasteiger partial charge in [-0.05, 0) is 28.7 Å². The number of rotatable bonds is 0. The Labute approximate surface area is 90.6 Å². The first-order chi connectivity index (χ1) is 6.81. The van der Waals surface area contributed by atoms with Gasteiger partial charge in [0.15, 0.2) is 9.84 Å². The van der Waals surface area contributed by atoms with Gasteiger partial charge in [-0.2, -0.15) is 0 Å². The lowest BCUT2D eigenvalue weighted by atomic mass is 9.87. The average molecular weight is 222 g/mol. The molecule has 0 atom stereocenters. The smallest absolute Gasteiger partial charge is 0.200 e. The summed E-state index contributed by atoms with van der Waals surface area (Å²) in [6.07, 6.45) is 1.65. The molecule has 0 saturated heterocycles. The third kappa shape index (κ3) is 1.72. The molecule has 1 aliphatic heterocycles. The third-order valence-electron chi connectivity index (χ3n) is 2.61. The summed E-state index contributed by atoms with van der Waals surface area (Å²) in [5.41, 5.74) is 1.82. The van der Waals surface area contributed by atoms with Crippen molar-refractivity contribution in [2.24, 2.45) is 0 Å². The fourth-order valence-electron chi connectivity index (χ4n) is 1.62. The van der Waals surface area contributed by atoms with Crippen LogP contribution in [0.4, 0.5) is 0 Å². The molecule has 0 fully saturated rings. The van der Waals surface area contributed by atoms with Crippen molar-refractivity contribution in [1.29, 1.82) is 0 Å². The van der Waals surface area contributed by atoms with Gasteiger partial charge in [0, 0.05) is 5.41 Å². The van der Waals surface area contributed by atoms with E-state index in [0.29, 0.717) is 4.90 Å². The molecule has 0 radical (unpaired) electrons. The van der Waals surface area contributed by atoms with E-state index in [0.717, 1.165) is 11.1 Å². The fourth-order valence-corrected chi connectivity index (χ4v) is 2.85. The maximum Gasteiger partial charge on any atom is 0.200 e. The van der Waals surface area contributed by atoms with Gasteiger partial charge in [-0.3, -0.25) is 0 Å². The molecule has 0 aliphatic carbocycles. The molecule has 1 aromatic carbocycles. The predicted molar refractivity (Wildman–Crippen MR) is 61.4 cm³/mol. The van der Waals surface area contributed by atoms with Crippen LogP contribution < -0.4 is 0 Å². The molecule has 0 N–H and O–H groups in total. The molecule has 0 amide bonds. The van der Waals surface area contributed by atoms with E-state index in [4.69, 9.17) is 0 Å². The van der Waals surface area contributed by atoms with Crippen LogP contribution in [0.3, 0.4) is 0 Å². The standard InChI is InChI=1S/C12H14O2S/c1-12(2,3)10-5-4-9-6-7-15(13,14)11(9)8-10/h4-8H,1-3H3. The highest BCUT2D eigenvalue weighted by molar-refractivity contribution is 7.94. The zero-order chi connectivity index (χ0) is 11.3. The summed E-state index contributed by atoms with van der Waals surface area (Å²) in [5.74, 6) is 0. The largest absolute Gasteiger partial charge is 0.219 e. The van der Waals surface area contributed by atoms with E-state index in [-0.39, 0.29) is 5.41 Å². The second-order valence-corrected chi connectivity index (χ2v) is 6.65. The second kappa shape index (κ2) is 2.95. The number of benzene rings is 1. The molecular weight excluding hydrogens is 208 g/mol. The summed E-state index contributed by atoms with van der Waals surface area (Å²) in [5, 5.41) is 1.27. The van der Waals surface area contributed by atoms with E-state index < -0.39 is 9.84 Å². The predicted octanol–water partition coefficient (Wildman–Crippen LogP) is 2.74. The summed E-state index contributed by atoms with van der Waals surface area (Å²) >= 11 is 0. The van der Waals surface area contributed by atoms with E-state index in [1.807, 2.05) is 12.1 Å². The minimum atomic E-state index is -3.17. The van der Waals surface area contributed by atoms with Crippen molar-refractivity contribution in [2.75, 3.05) is 0 Å². The first kappa shape index (κ1) is 10.4. The number of hydrogen-bond donors (Lipinski definition) is 0. The van der Waals surface area contributed by atoms with Crippen molar-refractivity contribution in [3.63, 3.8) is 0 Å². The lowest BCUT2D eigenvalue weighted by Gasteiger charge is -2.19. The van der Waals surface area contributed by atoms with Gasteiger partial charge >= 0.3 is 0 Å². The molecule has 15 heavy (non-hydrogen) atoms. The zero-order valence-electron chi connectivity index (χ0n) is 9.11. The molecule has 0 saturated carbocycles. The van der Waals surface area contributed by atoms with Crippen LogP contribution in [0, 0.1) is 0 Å². The van der Waals surface area contributed by atoms with Crippen LogP contribution in [0.15, 0.2) is 28.5 Å². The summed E-state index contributed by atoms with van der Waals surface area (Å²) in [4.78, 5) is 0.440. The van der Waals surface area contributed by atoms with Crippen LogP contribution in [0.25, 0.3) is 6.08 Å². The van der Waals surface area contributed by atoms with Crippen molar-refractivity contribution in [3.8, 4) is 0 Å². The third-order valence-corrected chi connectivity index (χ3v) is 4.07. The topological polar surface area (TPSA) is 34.1 Å². The van der Waals surface area contributed by atoms with Crippen LogP contribution in [-0.2, 0) is 15.3 Å². The Morgan fingerprint density at radius 2 is 1.80 bits per heavy atom. The molecule has 0 aromatic heterocycles. The summed E-state index contributed by atoms with van der Waals surface area (Å²) in [7, 11) is -3.17. The minimum Gasteiger partial charge on any atom is -0.219 e. The summed E-state index contributed by atoms with van der Waals surface area (Å²) < 4.78 is 23.3. The van der Waals surface area contributed by atoms with E-state index in [1.54, 1.807) is 12.1 Å². The number of sulfone groups is 1. The Hall–Kier alpha value is -1.09. The van der Waals surface area contributed by atoms with Crippen LogP contribution in [0.5, 0.6) is 0 Å². The average Bonchev–Trinajstić information content (AvgIpc) is 2.41. The van der Waals surface area contributed by atoms with Crippen LogP contribution in [-0.4, -0.2) is 8.42 Å². The molecule has 0 bridgehead atoms. The highest BCUT2D eigenvalue weighted by Gasteiger charge is 2.23. The van der Waals surface area contributed by atoms with Crippen LogP contribution in [0.1, 0.15) is 31.9 Å². The highest BCUT2D eigenvalue weighted by Crippen LogP contribution is 2.31. The fraction of sp³-hybridized carbons (Fsp3) is 0.333. The van der Waals surface area contributed by atoms with Gasteiger partial charge in [-0.15, -0.1) is 0 Å². The van der Waals surface area contributed by atoms with E-state index in [1.165, 1.54) is 5.41 Å². The first-order valence-corrected chi connectivity index (χ1v) is 6.43. The highest BCUT2D eigenvalue weighted by atomic mass is 32.2. The lowest BCUT2D eigenvalue weighted by Crippen LogP contribution is -2.11. The van der Waals surface area contributed by atoms with E-state index >= 15 is 0 Å². The molecule has 1 aromatic rings. The van der Waals surface area contributed by atoms with Gasteiger partial charge in [0.1, 0.15) is 0 Å². The Balaban J connectivity index is 2.64. The molecule has 1 aliphatic rings. The summed E-state index contributed by atoms with van der Waals surface area (Å²) in [6.45, 7) is 6.22. The van der Waals surface area contributed by atoms with Crippen molar-refractivity contribution in [2.45, 2.75) is 31.1 Å². The van der Waals surface area contributed by atoms with Gasteiger partial charge in [-0.1, -0.05) is 32.9 Å². The molecular formula is C12H14O2S. The van der Waals surface area contributed by atoms with Gasteiger partial charge in [0.05, 0.1) is 4.90 Å². The summed E-state index contributed by atoms with van der Waals surface area (Å²) in [6, 6.07) is 5.64. The monoisotopic (exact) mass is 222 g/mol. The van der Waals surface area contributed by atoms with Gasteiger partial charge in [-0.25, -0.2) is 8.42 Å². The molecule has 3 heteroatoms. The lowest BCUT2D eigenvalue weighted by molar-refractivity contribution is 0.586. The maximum atomic E-state index is 11.6. The van der Waals surface area contributed by atoms with Crippen molar-refractivity contribution in [1.82, 2.24) is 0 Å². The first-order valence-electron chi connectivity index (χ1n) is 4.88. The molecule has 0 spiro atoms. The Morgan fingerprint density at radius 1 is 1.13 bits per heavy atom. The second-order valence-electron chi connectivity index (χ2n) is 4.85. The van der Waals surface area contributed by atoms with E-state index in [9.17, 15) is 8.42 Å². The minimum absolute atomic E-state index is 0.0207. The molecule has 0 unspecified atom stereocenters. The number of fused-ring (bicyclic) bond motifs is 1. The Kier molecular flexibility index (Phi) is 2.05. The number of hydrogen-bond acceptors (Lipinski definition) is 2. The van der Waals surface area contributed by atoms with Crippen molar-refractivity contribution < 1.29 is 8.42 Å². The van der Waals surface area contributed by atoms with Gasteiger partial charge in [0.25, 0.3) is 0 Å². The van der Waals surface area contributed by atoms with E-state index in [2.05, 4.69) is 20.8 Å². The van der Waals surface area contributed by atoms with Gasteiger partial charge in [0.2, 0.25) is 0 Å². The normalized spacial score (nSPS) is 17.8. The molecule has 1 heterocycles. The quantitative estimate of drug-likeness (QED) is 0.676. The Morgan fingerprint density at radius 3 is 2.40 bits per heavy atom. The van der Waals surface area contributed by atoms with Crippen molar-refractivity contribution in [3.05, 3.63) is 34.7 Å². The SMILES string of the molecule is CC(C)(C)c1ccc2c(c1)S(=O)(=O)C=C2. The maximum absolute atomic E-state index is 11.6. The van der Waals surface area contributed by atoms with Gasteiger partial charge < -0.3 is 0 Å².